The smallest absolute Gasteiger partial charge is 0.328 e. The van der Waals surface area contributed by atoms with Gasteiger partial charge in [-0.1, -0.05) is 13.8 Å². The van der Waals surface area contributed by atoms with E-state index in [0.29, 0.717) is 5.92 Å². The number of rotatable bonds is 3. The second-order valence-electron chi connectivity index (χ2n) is 5.92. The summed E-state index contributed by atoms with van der Waals surface area (Å²) in [5.41, 5.74) is 0. The maximum atomic E-state index is 12.5. The highest BCUT2D eigenvalue weighted by atomic mass is 16.5. The lowest BCUT2D eigenvalue weighted by molar-refractivity contribution is -0.156. The van der Waals surface area contributed by atoms with Gasteiger partial charge in [0.15, 0.2) is 0 Å². The number of piperidine rings is 1. The molecule has 0 aromatic rings. The molecule has 0 aromatic carbocycles. The van der Waals surface area contributed by atoms with E-state index in [9.17, 15) is 9.59 Å². The van der Waals surface area contributed by atoms with Crippen molar-refractivity contribution in [1.82, 2.24) is 4.90 Å². The van der Waals surface area contributed by atoms with Crippen molar-refractivity contribution in [1.29, 1.82) is 0 Å². The molecule has 4 heteroatoms. The molecule has 2 rings (SSSR count). The molecule has 2 heterocycles. The van der Waals surface area contributed by atoms with Gasteiger partial charge in [0.25, 0.3) is 0 Å². The summed E-state index contributed by atoms with van der Waals surface area (Å²) in [7, 11) is 1.40. The summed E-state index contributed by atoms with van der Waals surface area (Å²) in [6.45, 7) is 4.28. The van der Waals surface area contributed by atoms with E-state index in [1.54, 1.807) is 0 Å². The molecule has 0 radical (unpaired) electrons. The van der Waals surface area contributed by atoms with Crippen LogP contribution < -0.4 is 0 Å². The normalized spacial score (nSPS) is 31.7. The Labute approximate surface area is 109 Å². The van der Waals surface area contributed by atoms with Gasteiger partial charge in [0, 0.05) is 12.0 Å². The van der Waals surface area contributed by atoms with Crippen LogP contribution in [0.1, 0.15) is 46.0 Å². The predicted octanol–water partition coefficient (Wildman–Crippen LogP) is 1.98. The first-order chi connectivity index (χ1) is 8.54. The number of ether oxygens (including phenoxy) is 1. The Kier molecular flexibility index (Phi) is 3.93. The minimum atomic E-state index is -0.331. The summed E-state index contributed by atoms with van der Waals surface area (Å²) in [4.78, 5) is 26.0. The van der Waals surface area contributed by atoms with E-state index in [1.165, 1.54) is 7.11 Å². The zero-order chi connectivity index (χ0) is 13.3. The molecule has 18 heavy (non-hydrogen) atoms. The lowest BCUT2D eigenvalue weighted by Gasteiger charge is -2.37. The molecule has 2 unspecified atom stereocenters. The second kappa shape index (κ2) is 5.29. The monoisotopic (exact) mass is 253 g/mol. The fourth-order valence-corrected chi connectivity index (χ4v) is 3.38. The van der Waals surface area contributed by atoms with Gasteiger partial charge in [-0.2, -0.15) is 0 Å². The van der Waals surface area contributed by atoms with Crippen molar-refractivity contribution in [3.05, 3.63) is 0 Å². The summed E-state index contributed by atoms with van der Waals surface area (Å²) < 4.78 is 4.81. The topological polar surface area (TPSA) is 46.6 Å². The van der Waals surface area contributed by atoms with Gasteiger partial charge in [0.05, 0.1) is 7.11 Å². The van der Waals surface area contributed by atoms with Crippen LogP contribution in [0.25, 0.3) is 0 Å². The Morgan fingerprint density at radius 1 is 1.33 bits per heavy atom. The first-order valence-electron chi connectivity index (χ1n) is 6.94. The molecule has 0 aliphatic carbocycles. The second-order valence-corrected chi connectivity index (χ2v) is 5.92. The molecule has 0 spiro atoms. The van der Waals surface area contributed by atoms with Crippen LogP contribution in [0.4, 0.5) is 0 Å². The van der Waals surface area contributed by atoms with Crippen LogP contribution in [0.5, 0.6) is 0 Å². The number of carbonyl (C=O) groups excluding carboxylic acids is 2. The van der Waals surface area contributed by atoms with Crippen molar-refractivity contribution in [2.75, 3.05) is 7.11 Å². The number of methoxy groups -OCH3 is 1. The first-order valence-corrected chi connectivity index (χ1v) is 6.94. The van der Waals surface area contributed by atoms with Gasteiger partial charge >= 0.3 is 5.97 Å². The van der Waals surface area contributed by atoms with Crippen LogP contribution in [0, 0.1) is 11.8 Å². The molecule has 2 saturated heterocycles. The molecule has 2 aliphatic rings. The van der Waals surface area contributed by atoms with Crippen molar-refractivity contribution in [2.24, 2.45) is 11.8 Å². The highest BCUT2D eigenvalue weighted by Gasteiger charge is 2.46. The van der Waals surface area contributed by atoms with E-state index >= 15 is 0 Å². The Morgan fingerprint density at radius 3 is 2.61 bits per heavy atom. The molecule has 0 bridgehead atoms. The van der Waals surface area contributed by atoms with E-state index in [2.05, 4.69) is 13.8 Å². The summed E-state index contributed by atoms with van der Waals surface area (Å²) in [5.74, 6) is 0.546. The number of esters is 1. The molecule has 1 amide bonds. The fraction of sp³-hybridized carbons (Fsp3) is 0.857. The molecule has 3 atom stereocenters. The highest BCUT2D eigenvalue weighted by molar-refractivity contribution is 5.87. The van der Waals surface area contributed by atoms with Crippen LogP contribution in [0.15, 0.2) is 0 Å². The summed E-state index contributed by atoms with van der Waals surface area (Å²) in [6, 6.07) is -0.0625. The van der Waals surface area contributed by atoms with Gasteiger partial charge in [-0.3, -0.25) is 4.79 Å². The van der Waals surface area contributed by atoms with Crippen LogP contribution in [-0.4, -0.2) is 36.0 Å². The predicted molar refractivity (Wildman–Crippen MR) is 67.9 cm³/mol. The van der Waals surface area contributed by atoms with Crippen molar-refractivity contribution >= 4 is 11.9 Å². The molecule has 4 nitrogen and oxygen atoms in total. The molecule has 2 aliphatic heterocycles. The van der Waals surface area contributed by atoms with Gasteiger partial charge < -0.3 is 9.64 Å². The Bertz CT molecular complexity index is 340. The van der Waals surface area contributed by atoms with Crippen molar-refractivity contribution in [2.45, 2.75) is 58.0 Å². The van der Waals surface area contributed by atoms with Crippen molar-refractivity contribution in [3.63, 3.8) is 0 Å². The van der Waals surface area contributed by atoms with E-state index in [4.69, 9.17) is 4.74 Å². The summed E-state index contributed by atoms with van der Waals surface area (Å²) in [5, 5.41) is 0. The van der Waals surface area contributed by atoms with Crippen molar-refractivity contribution in [3.8, 4) is 0 Å². The third-order valence-corrected chi connectivity index (χ3v) is 4.18. The quantitative estimate of drug-likeness (QED) is 0.722. The van der Waals surface area contributed by atoms with E-state index in [0.717, 1.165) is 32.1 Å². The molecule has 0 aromatic heterocycles. The highest BCUT2D eigenvalue weighted by Crippen LogP contribution is 2.37. The molecular formula is C14H23NO3. The van der Waals surface area contributed by atoms with E-state index < -0.39 is 0 Å². The first kappa shape index (κ1) is 13.4. The Balaban J connectivity index is 2.10. The lowest BCUT2D eigenvalue weighted by atomic mass is 9.86. The minimum Gasteiger partial charge on any atom is -0.467 e. The van der Waals surface area contributed by atoms with Crippen LogP contribution in [0.2, 0.25) is 0 Å². The molecule has 0 saturated carbocycles. The van der Waals surface area contributed by atoms with Gasteiger partial charge in [0.1, 0.15) is 6.04 Å². The minimum absolute atomic E-state index is 0.103. The maximum Gasteiger partial charge on any atom is 0.328 e. The number of nitrogens with zero attached hydrogens (tertiary/aromatic N) is 1. The van der Waals surface area contributed by atoms with E-state index in [1.807, 2.05) is 4.90 Å². The third-order valence-electron chi connectivity index (χ3n) is 4.18. The summed E-state index contributed by atoms with van der Waals surface area (Å²) in [6.07, 6.45) is 4.65. The maximum absolute atomic E-state index is 12.5. The average molecular weight is 253 g/mol. The SMILES string of the molecule is COC(=O)C1CC[C@@H]2CCC(CC(C)C)C(=O)N12. The zero-order valence-corrected chi connectivity index (χ0v) is 11.5. The van der Waals surface area contributed by atoms with Crippen LogP contribution in [0.3, 0.4) is 0 Å². The molecule has 2 fully saturated rings. The Hall–Kier alpha value is -1.06. The summed E-state index contributed by atoms with van der Waals surface area (Å²) >= 11 is 0. The van der Waals surface area contributed by atoms with Crippen molar-refractivity contribution < 1.29 is 14.3 Å². The fourth-order valence-electron chi connectivity index (χ4n) is 3.38. The molecular weight excluding hydrogens is 230 g/mol. The zero-order valence-electron chi connectivity index (χ0n) is 11.5. The lowest BCUT2D eigenvalue weighted by Crippen LogP contribution is -2.51. The van der Waals surface area contributed by atoms with E-state index in [-0.39, 0.29) is 29.9 Å². The Morgan fingerprint density at radius 2 is 2.00 bits per heavy atom. The van der Waals surface area contributed by atoms with Gasteiger partial charge in [-0.15, -0.1) is 0 Å². The number of amides is 1. The number of fused-ring (bicyclic) bond motifs is 1. The van der Waals surface area contributed by atoms with Gasteiger partial charge in [-0.05, 0) is 38.0 Å². The van der Waals surface area contributed by atoms with Crippen LogP contribution in [-0.2, 0) is 14.3 Å². The number of hydrogen-bond donors (Lipinski definition) is 0. The number of hydrogen-bond acceptors (Lipinski definition) is 3. The van der Waals surface area contributed by atoms with Gasteiger partial charge in [0.2, 0.25) is 5.91 Å². The number of carbonyl (C=O) groups is 2. The third kappa shape index (κ3) is 2.38. The van der Waals surface area contributed by atoms with Gasteiger partial charge in [-0.25, -0.2) is 4.79 Å². The molecule has 0 N–H and O–H groups in total. The standard InChI is InChI=1S/C14H23NO3/c1-9(2)8-10-4-5-11-6-7-12(14(17)18-3)15(11)13(10)16/h9-12H,4-8H2,1-3H3/t10?,11-,12?/m0/s1. The molecule has 102 valence electrons. The van der Waals surface area contributed by atoms with Crippen LogP contribution >= 0.6 is 0 Å². The largest absolute Gasteiger partial charge is 0.467 e. The average Bonchev–Trinajstić information content (AvgIpc) is 2.76.